The van der Waals surface area contributed by atoms with E-state index in [0.717, 1.165) is 6.42 Å². The van der Waals surface area contributed by atoms with E-state index < -0.39 is 0 Å². The fourth-order valence-electron chi connectivity index (χ4n) is 2.13. The number of nitrogens with zero attached hydrogens (tertiary/aromatic N) is 1. The molecule has 1 aliphatic heterocycles. The van der Waals surface area contributed by atoms with E-state index in [2.05, 4.69) is 18.8 Å². The summed E-state index contributed by atoms with van der Waals surface area (Å²) in [6.45, 7) is 4.48. The standard InChI is InChI=1S/C11H22N2O/c1-3-4-5-6-10-8(2)9(7-14)11(12)13-10/h8-10,14H,3-7H2,1-2H3,(H2,12,13)/t8-,9+,10-/m1/s1. The van der Waals surface area contributed by atoms with Gasteiger partial charge < -0.3 is 10.8 Å². The first-order valence-corrected chi connectivity index (χ1v) is 5.64. The summed E-state index contributed by atoms with van der Waals surface area (Å²) in [4.78, 5) is 4.43. The zero-order chi connectivity index (χ0) is 10.6. The van der Waals surface area contributed by atoms with Gasteiger partial charge in [-0.3, -0.25) is 4.99 Å². The molecule has 3 N–H and O–H groups in total. The van der Waals surface area contributed by atoms with E-state index in [4.69, 9.17) is 10.8 Å². The number of nitrogens with two attached hydrogens (primary N) is 1. The summed E-state index contributed by atoms with van der Waals surface area (Å²) in [7, 11) is 0. The van der Waals surface area contributed by atoms with Gasteiger partial charge in [0.05, 0.1) is 18.5 Å². The number of aliphatic imine (C=N–C) groups is 1. The Morgan fingerprint density at radius 1 is 1.43 bits per heavy atom. The lowest BCUT2D eigenvalue weighted by Crippen LogP contribution is -2.28. The first-order chi connectivity index (χ1) is 6.70. The van der Waals surface area contributed by atoms with Crippen LogP contribution in [0.25, 0.3) is 0 Å². The molecule has 0 aliphatic carbocycles. The summed E-state index contributed by atoms with van der Waals surface area (Å²) in [5.41, 5.74) is 5.76. The highest BCUT2D eigenvalue weighted by Gasteiger charge is 2.33. The smallest absolute Gasteiger partial charge is 0.0998 e. The Labute approximate surface area is 86.4 Å². The van der Waals surface area contributed by atoms with Gasteiger partial charge in [-0.2, -0.15) is 0 Å². The zero-order valence-electron chi connectivity index (χ0n) is 9.24. The van der Waals surface area contributed by atoms with E-state index in [9.17, 15) is 0 Å². The SMILES string of the molecule is CCCCC[C@H]1N=C(N)[C@@H](CO)[C@H]1C. The van der Waals surface area contributed by atoms with Crippen LogP contribution in [0.15, 0.2) is 4.99 Å². The predicted molar refractivity (Wildman–Crippen MR) is 59.3 cm³/mol. The molecule has 14 heavy (non-hydrogen) atoms. The van der Waals surface area contributed by atoms with Crippen LogP contribution in [0.3, 0.4) is 0 Å². The maximum Gasteiger partial charge on any atom is 0.0998 e. The summed E-state index contributed by atoms with van der Waals surface area (Å²) in [5, 5.41) is 9.14. The lowest BCUT2D eigenvalue weighted by molar-refractivity contribution is 0.220. The summed E-state index contributed by atoms with van der Waals surface area (Å²) >= 11 is 0. The topological polar surface area (TPSA) is 58.6 Å². The molecule has 1 aliphatic rings. The minimum atomic E-state index is 0.0987. The fourth-order valence-corrected chi connectivity index (χ4v) is 2.13. The molecule has 0 fully saturated rings. The minimum Gasteiger partial charge on any atom is -0.396 e. The molecule has 0 unspecified atom stereocenters. The fraction of sp³-hybridized carbons (Fsp3) is 0.909. The highest BCUT2D eigenvalue weighted by molar-refractivity contribution is 5.85. The predicted octanol–water partition coefficient (Wildman–Crippen LogP) is 1.55. The Bertz CT molecular complexity index is 203. The monoisotopic (exact) mass is 198 g/mol. The highest BCUT2D eigenvalue weighted by Crippen LogP contribution is 2.28. The lowest BCUT2D eigenvalue weighted by Gasteiger charge is -2.17. The number of amidine groups is 1. The maximum atomic E-state index is 9.14. The highest BCUT2D eigenvalue weighted by atomic mass is 16.3. The second-order valence-electron chi connectivity index (χ2n) is 4.27. The molecule has 0 aromatic heterocycles. The summed E-state index contributed by atoms with van der Waals surface area (Å²) in [6, 6.07) is 0.346. The van der Waals surface area contributed by atoms with Crippen LogP contribution < -0.4 is 5.73 Å². The van der Waals surface area contributed by atoms with Crippen molar-refractivity contribution >= 4 is 5.84 Å². The van der Waals surface area contributed by atoms with Crippen molar-refractivity contribution < 1.29 is 5.11 Å². The normalized spacial score (nSPS) is 31.9. The Balaban J connectivity index is 2.40. The first-order valence-electron chi connectivity index (χ1n) is 5.64. The number of unbranched alkanes of at least 4 members (excludes halogenated alkanes) is 2. The number of aliphatic hydroxyl groups is 1. The van der Waals surface area contributed by atoms with Crippen LogP contribution in [0.5, 0.6) is 0 Å². The Morgan fingerprint density at radius 2 is 2.14 bits per heavy atom. The molecule has 0 aromatic carbocycles. The number of rotatable bonds is 5. The molecule has 0 amide bonds. The van der Waals surface area contributed by atoms with Gasteiger partial charge in [0, 0.05) is 5.92 Å². The minimum absolute atomic E-state index is 0.0987. The average molecular weight is 198 g/mol. The number of aliphatic hydroxyl groups excluding tert-OH is 1. The van der Waals surface area contributed by atoms with Crippen LogP contribution in [-0.2, 0) is 0 Å². The van der Waals surface area contributed by atoms with Crippen molar-refractivity contribution in [3.63, 3.8) is 0 Å². The summed E-state index contributed by atoms with van der Waals surface area (Å²) in [5.74, 6) is 1.17. The van der Waals surface area contributed by atoms with E-state index in [0.29, 0.717) is 17.8 Å². The molecule has 0 aromatic rings. The molecule has 1 rings (SSSR count). The summed E-state index contributed by atoms with van der Waals surface area (Å²) in [6.07, 6.45) is 4.85. The van der Waals surface area contributed by atoms with Gasteiger partial charge >= 0.3 is 0 Å². The van der Waals surface area contributed by atoms with Crippen LogP contribution in [0, 0.1) is 11.8 Å². The van der Waals surface area contributed by atoms with Gasteiger partial charge in [-0.25, -0.2) is 0 Å². The second kappa shape index (κ2) is 5.35. The van der Waals surface area contributed by atoms with Crippen LogP contribution in [-0.4, -0.2) is 23.6 Å². The molecule has 3 nitrogen and oxygen atoms in total. The van der Waals surface area contributed by atoms with Gasteiger partial charge in [-0.1, -0.05) is 33.1 Å². The third-order valence-electron chi connectivity index (χ3n) is 3.24. The average Bonchev–Trinajstić information content (AvgIpc) is 2.42. The molecule has 0 radical (unpaired) electrons. The van der Waals surface area contributed by atoms with Crippen molar-refractivity contribution in [2.75, 3.05) is 6.61 Å². The van der Waals surface area contributed by atoms with E-state index in [-0.39, 0.29) is 12.5 Å². The van der Waals surface area contributed by atoms with Gasteiger partial charge in [0.15, 0.2) is 0 Å². The molecule has 82 valence electrons. The molecule has 1 heterocycles. The zero-order valence-corrected chi connectivity index (χ0v) is 9.24. The Kier molecular flexibility index (Phi) is 4.39. The van der Waals surface area contributed by atoms with Crippen LogP contribution >= 0.6 is 0 Å². The van der Waals surface area contributed by atoms with Crippen molar-refractivity contribution in [3.05, 3.63) is 0 Å². The molecule has 0 saturated carbocycles. The molecule has 3 heteroatoms. The molecule has 0 saturated heterocycles. The molecular weight excluding hydrogens is 176 g/mol. The van der Waals surface area contributed by atoms with Gasteiger partial charge in [0.25, 0.3) is 0 Å². The van der Waals surface area contributed by atoms with Crippen LogP contribution in [0.1, 0.15) is 39.5 Å². The Morgan fingerprint density at radius 3 is 2.64 bits per heavy atom. The third kappa shape index (κ3) is 2.47. The molecular formula is C11H22N2O. The van der Waals surface area contributed by atoms with Crippen molar-refractivity contribution in [2.24, 2.45) is 22.6 Å². The molecule has 0 spiro atoms. The largest absolute Gasteiger partial charge is 0.396 e. The van der Waals surface area contributed by atoms with E-state index in [1.165, 1.54) is 19.3 Å². The van der Waals surface area contributed by atoms with Gasteiger partial charge in [-0.15, -0.1) is 0 Å². The van der Waals surface area contributed by atoms with Gasteiger partial charge in [0.2, 0.25) is 0 Å². The van der Waals surface area contributed by atoms with Crippen molar-refractivity contribution in [1.82, 2.24) is 0 Å². The summed E-state index contributed by atoms with van der Waals surface area (Å²) < 4.78 is 0. The quantitative estimate of drug-likeness (QED) is 0.658. The van der Waals surface area contributed by atoms with Crippen molar-refractivity contribution in [3.8, 4) is 0 Å². The second-order valence-corrected chi connectivity index (χ2v) is 4.27. The van der Waals surface area contributed by atoms with Crippen molar-refractivity contribution in [2.45, 2.75) is 45.6 Å². The third-order valence-corrected chi connectivity index (χ3v) is 3.24. The van der Waals surface area contributed by atoms with Gasteiger partial charge in [-0.05, 0) is 12.3 Å². The van der Waals surface area contributed by atoms with Crippen molar-refractivity contribution in [1.29, 1.82) is 0 Å². The van der Waals surface area contributed by atoms with E-state index in [1.807, 2.05) is 0 Å². The number of hydrogen-bond donors (Lipinski definition) is 2. The van der Waals surface area contributed by atoms with Gasteiger partial charge in [0.1, 0.15) is 0 Å². The van der Waals surface area contributed by atoms with Crippen LogP contribution in [0.4, 0.5) is 0 Å². The Hall–Kier alpha value is -0.570. The first kappa shape index (κ1) is 11.5. The number of hydrogen-bond acceptors (Lipinski definition) is 3. The molecule has 3 atom stereocenters. The van der Waals surface area contributed by atoms with E-state index >= 15 is 0 Å². The molecule has 0 bridgehead atoms. The lowest BCUT2D eigenvalue weighted by atomic mass is 9.89. The maximum absolute atomic E-state index is 9.14. The van der Waals surface area contributed by atoms with E-state index in [1.54, 1.807) is 0 Å². The van der Waals surface area contributed by atoms with Crippen LogP contribution in [0.2, 0.25) is 0 Å².